The van der Waals surface area contributed by atoms with Crippen molar-refractivity contribution in [3.05, 3.63) is 12.2 Å². The van der Waals surface area contributed by atoms with Gasteiger partial charge in [0.15, 0.2) is 0 Å². The molecule has 0 saturated carbocycles. The second-order valence-corrected chi connectivity index (χ2v) is 7.28. The molecule has 0 amide bonds. The predicted octanol–water partition coefficient (Wildman–Crippen LogP) is 5.19. The Morgan fingerprint density at radius 1 is 0.750 bits per heavy atom. The Morgan fingerprint density at radius 3 is 1.62 bits per heavy atom. The average Bonchev–Trinajstić information content (AvgIpc) is 2.49. The van der Waals surface area contributed by atoms with Crippen molar-refractivity contribution >= 4 is 40.0 Å². The predicted molar refractivity (Wildman–Crippen MR) is 104 cm³/mol. The topological polar surface area (TPSA) is 63.6 Å². The van der Waals surface area contributed by atoms with Gasteiger partial charge in [0.2, 0.25) is 0 Å². The van der Waals surface area contributed by atoms with Crippen molar-refractivity contribution in [2.24, 2.45) is 0 Å². The standard InChI is InChI=1S/C18H36O4S.Na.H/c1-2-3-4-5-6-7-8-9-10-11-12-13-14-15-16-17-18-22-23(19,20)21;;/h9-10H,2-8,11-18H2,1H3,(H,19,20,21);;/b10-9-;;. The van der Waals surface area contributed by atoms with Gasteiger partial charge in [-0.25, -0.2) is 4.18 Å². The van der Waals surface area contributed by atoms with Gasteiger partial charge in [-0.1, -0.05) is 76.9 Å². The van der Waals surface area contributed by atoms with Gasteiger partial charge in [-0.15, -0.1) is 0 Å². The number of hydrogen-bond donors (Lipinski definition) is 1. The fraction of sp³-hybridized carbons (Fsp3) is 0.889. The molecule has 0 rings (SSSR count). The van der Waals surface area contributed by atoms with Crippen molar-refractivity contribution in [2.45, 2.75) is 96.8 Å². The molecule has 0 atom stereocenters. The van der Waals surface area contributed by atoms with E-state index in [9.17, 15) is 8.42 Å². The van der Waals surface area contributed by atoms with Crippen molar-refractivity contribution in [2.75, 3.05) is 6.61 Å². The summed E-state index contributed by atoms with van der Waals surface area (Å²) >= 11 is 0. The molecule has 0 spiro atoms. The summed E-state index contributed by atoms with van der Waals surface area (Å²) in [7, 11) is -4.25. The number of rotatable bonds is 17. The van der Waals surface area contributed by atoms with Crippen LogP contribution in [-0.4, -0.2) is 49.1 Å². The summed E-state index contributed by atoms with van der Waals surface area (Å²) in [5.74, 6) is 0. The van der Waals surface area contributed by atoms with E-state index in [4.69, 9.17) is 4.55 Å². The van der Waals surface area contributed by atoms with E-state index in [0.717, 1.165) is 12.8 Å². The first-order valence-electron chi connectivity index (χ1n) is 9.33. The van der Waals surface area contributed by atoms with Gasteiger partial charge in [0, 0.05) is 0 Å². The molecule has 1 N–H and O–H groups in total. The van der Waals surface area contributed by atoms with Gasteiger partial charge in [-0.05, 0) is 32.1 Å². The maximum absolute atomic E-state index is 10.3. The van der Waals surface area contributed by atoms with Crippen LogP contribution in [0.4, 0.5) is 0 Å². The van der Waals surface area contributed by atoms with E-state index in [0.29, 0.717) is 6.42 Å². The average molecular weight is 373 g/mol. The number of hydrogen-bond acceptors (Lipinski definition) is 3. The minimum absolute atomic E-state index is 0. The van der Waals surface area contributed by atoms with Crippen LogP contribution in [-0.2, 0) is 14.6 Å². The SMILES string of the molecule is CCCCCCCC/C=C\CCCCCCCCOS(=O)(=O)O.[NaH]. The summed E-state index contributed by atoms with van der Waals surface area (Å²) in [5, 5.41) is 0. The first kappa shape index (κ1) is 26.8. The molecule has 0 aliphatic heterocycles. The quantitative estimate of drug-likeness (QED) is 0.165. The van der Waals surface area contributed by atoms with Gasteiger partial charge in [0.25, 0.3) is 0 Å². The van der Waals surface area contributed by atoms with Crippen LogP contribution in [0.2, 0.25) is 0 Å². The molecule has 0 aromatic rings. The van der Waals surface area contributed by atoms with E-state index in [1.165, 1.54) is 70.6 Å². The zero-order valence-electron chi connectivity index (χ0n) is 14.8. The second-order valence-electron chi connectivity index (χ2n) is 6.19. The van der Waals surface area contributed by atoms with Crippen LogP contribution in [0.15, 0.2) is 12.2 Å². The molecule has 0 aliphatic rings. The normalized spacial score (nSPS) is 11.8. The summed E-state index contributed by atoms with van der Waals surface area (Å²) in [5.41, 5.74) is 0. The molecule has 140 valence electrons. The van der Waals surface area contributed by atoms with E-state index >= 15 is 0 Å². The van der Waals surface area contributed by atoms with Crippen LogP contribution >= 0.6 is 0 Å². The molecule has 6 heteroatoms. The van der Waals surface area contributed by atoms with Gasteiger partial charge >= 0.3 is 40.0 Å². The number of unbranched alkanes of at least 4 members (excludes halogenated alkanes) is 12. The number of allylic oxidation sites excluding steroid dienone is 2. The maximum atomic E-state index is 10.3. The monoisotopic (exact) mass is 372 g/mol. The Balaban J connectivity index is 0. The van der Waals surface area contributed by atoms with E-state index in [-0.39, 0.29) is 36.2 Å². The van der Waals surface area contributed by atoms with Crippen LogP contribution in [0, 0.1) is 0 Å². The fourth-order valence-electron chi connectivity index (χ4n) is 2.51. The van der Waals surface area contributed by atoms with Crippen LogP contribution in [0.5, 0.6) is 0 Å². The molecule has 0 saturated heterocycles. The molecular formula is C18H37NaO4S. The molecule has 0 aromatic heterocycles. The molecular weight excluding hydrogens is 335 g/mol. The van der Waals surface area contributed by atoms with Gasteiger partial charge in [0.05, 0.1) is 6.61 Å². The molecule has 24 heavy (non-hydrogen) atoms. The van der Waals surface area contributed by atoms with Crippen LogP contribution in [0.1, 0.15) is 96.8 Å². The third-order valence-electron chi connectivity index (χ3n) is 3.89. The molecule has 0 aromatic carbocycles. The van der Waals surface area contributed by atoms with E-state index in [2.05, 4.69) is 23.3 Å². The summed E-state index contributed by atoms with van der Waals surface area (Å²) in [6, 6.07) is 0. The molecule has 0 unspecified atom stereocenters. The van der Waals surface area contributed by atoms with E-state index in [1.54, 1.807) is 0 Å². The molecule has 0 heterocycles. The Bertz CT molecular complexity index is 369. The molecule has 0 radical (unpaired) electrons. The fourth-order valence-corrected chi connectivity index (χ4v) is 2.84. The first-order chi connectivity index (χ1) is 11.1. The first-order valence-corrected chi connectivity index (χ1v) is 10.7. The van der Waals surface area contributed by atoms with E-state index in [1.807, 2.05) is 0 Å². The van der Waals surface area contributed by atoms with Gasteiger partial charge in [0.1, 0.15) is 0 Å². The van der Waals surface area contributed by atoms with Gasteiger partial charge < -0.3 is 0 Å². The van der Waals surface area contributed by atoms with Crippen molar-refractivity contribution < 1.29 is 17.2 Å². The molecule has 0 fully saturated rings. The van der Waals surface area contributed by atoms with Crippen molar-refractivity contribution in [3.63, 3.8) is 0 Å². The van der Waals surface area contributed by atoms with Gasteiger partial charge in [-0.2, -0.15) is 8.42 Å². The molecule has 0 bridgehead atoms. The Kier molecular flexibility index (Phi) is 22.3. The molecule has 0 aliphatic carbocycles. The van der Waals surface area contributed by atoms with Crippen LogP contribution in [0.3, 0.4) is 0 Å². The third kappa shape index (κ3) is 24.9. The van der Waals surface area contributed by atoms with Crippen LogP contribution in [0.25, 0.3) is 0 Å². The Morgan fingerprint density at radius 2 is 1.17 bits per heavy atom. The third-order valence-corrected chi connectivity index (χ3v) is 4.35. The zero-order valence-corrected chi connectivity index (χ0v) is 15.7. The zero-order chi connectivity index (χ0) is 17.2. The summed E-state index contributed by atoms with van der Waals surface area (Å²) in [4.78, 5) is 0. The summed E-state index contributed by atoms with van der Waals surface area (Å²) < 4.78 is 33.3. The van der Waals surface area contributed by atoms with Crippen LogP contribution < -0.4 is 0 Å². The summed E-state index contributed by atoms with van der Waals surface area (Å²) in [6.07, 6.45) is 21.5. The summed E-state index contributed by atoms with van der Waals surface area (Å²) in [6.45, 7) is 2.33. The Labute approximate surface area is 172 Å². The minimum atomic E-state index is -4.25. The van der Waals surface area contributed by atoms with Crippen molar-refractivity contribution in [1.29, 1.82) is 0 Å². The van der Waals surface area contributed by atoms with Crippen molar-refractivity contribution in [3.8, 4) is 0 Å². The van der Waals surface area contributed by atoms with E-state index < -0.39 is 10.4 Å². The second kappa shape index (κ2) is 19.9. The molecule has 4 nitrogen and oxygen atoms in total. The van der Waals surface area contributed by atoms with Gasteiger partial charge in [-0.3, -0.25) is 4.55 Å². The van der Waals surface area contributed by atoms with Crippen molar-refractivity contribution in [1.82, 2.24) is 0 Å². The Hall–Kier alpha value is 0.610.